The monoisotopic (exact) mass is 544 g/mol. The van der Waals surface area contributed by atoms with Crippen molar-refractivity contribution in [3.8, 4) is 23.0 Å². The Morgan fingerprint density at radius 1 is 0.550 bits per heavy atom. The van der Waals surface area contributed by atoms with Crippen molar-refractivity contribution in [2.45, 2.75) is 52.6 Å². The summed E-state index contributed by atoms with van der Waals surface area (Å²) >= 11 is 0. The SMILES string of the molecule is CCCCn1c2cc3c(=O)c4c(OC)cc(OC)cc4n(CCCC)c3cc2c(=O)c2c(OC)cc(OC)cc21. The number of benzene rings is 3. The fraction of sp³-hybridized carbons (Fsp3) is 0.375. The van der Waals surface area contributed by atoms with Crippen LogP contribution in [0, 0.1) is 0 Å². The first-order valence-corrected chi connectivity index (χ1v) is 13.8. The quantitative estimate of drug-likeness (QED) is 0.193. The molecule has 0 saturated carbocycles. The molecule has 40 heavy (non-hydrogen) atoms. The Morgan fingerprint density at radius 3 is 1.27 bits per heavy atom. The number of fused-ring (bicyclic) bond motifs is 4. The molecule has 0 aliphatic carbocycles. The smallest absolute Gasteiger partial charge is 0.201 e. The molecule has 0 aliphatic heterocycles. The van der Waals surface area contributed by atoms with Crippen LogP contribution in [0.1, 0.15) is 39.5 Å². The molecule has 0 bridgehead atoms. The van der Waals surface area contributed by atoms with Gasteiger partial charge in [-0.1, -0.05) is 26.7 Å². The van der Waals surface area contributed by atoms with Crippen LogP contribution in [0.4, 0.5) is 0 Å². The highest BCUT2D eigenvalue weighted by molar-refractivity contribution is 6.06. The molecule has 2 heterocycles. The number of aromatic nitrogens is 2. The summed E-state index contributed by atoms with van der Waals surface area (Å²) in [6.07, 6.45) is 3.74. The average Bonchev–Trinajstić information content (AvgIpc) is 2.99. The van der Waals surface area contributed by atoms with Crippen molar-refractivity contribution in [1.29, 1.82) is 0 Å². The Kier molecular flexibility index (Phi) is 7.61. The number of unbranched alkanes of at least 4 members (excludes halogenated alkanes) is 2. The van der Waals surface area contributed by atoms with Crippen molar-refractivity contribution in [2.24, 2.45) is 0 Å². The first kappa shape index (κ1) is 27.4. The minimum Gasteiger partial charge on any atom is -0.497 e. The van der Waals surface area contributed by atoms with Gasteiger partial charge in [0.1, 0.15) is 23.0 Å². The van der Waals surface area contributed by atoms with Gasteiger partial charge in [-0.05, 0) is 25.0 Å². The van der Waals surface area contributed by atoms with Crippen LogP contribution in [0.2, 0.25) is 0 Å². The van der Waals surface area contributed by atoms with E-state index < -0.39 is 0 Å². The Balaban J connectivity index is 2.04. The maximum atomic E-state index is 14.2. The van der Waals surface area contributed by atoms with Crippen molar-refractivity contribution >= 4 is 43.6 Å². The van der Waals surface area contributed by atoms with E-state index in [1.54, 1.807) is 40.6 Å². The van der Waals surface area contributed by atoms with Crippen LogP contribution in [0.3, 0.4) is 0 Å². The highest BCUT2D eigenvalue weighted by Gasteiger charge is 2.21. The molecule has 0 unspecified atom stereocenters. The van der Waals surface area contributed by atoms with Crippen LogP contribution in [-0.4, -0.2) is 37.6 Å². The Morgan fingerprint density at radius 2 is 0.950 bits per heavy atom. The first-order chi connectivity index (χ1) is 19.4. The van der Waals surface area contributed by atoms with E-state index in [4.69, 9.17) is 18.9 Å². The third kappa shape index (κ3) is 4.31. The minimum absolute atomic E-state index is 0.142. The number of rotatable bonds is 10. The number of methoxy groups -OCH3 is 4. The van der Waals surface area contributed by atoms with Gasteiger partial charge in [0.2, 0.25) is 10.9 Å². The zero-order valence-corrected chi connectivity index (χ0v) is 24.1. The van der Waals surface area contributed by atoms with Gasteiger partial charge < -0.3 is 28.1 Å². The Bertz CT molecular complexity index is 1730. The highest BCUT2D eigenvalue weighted by atomic mass is 16.5. The second kappa shape index (κ2) is 11.1. The van der Waals surface area contributed by atoms with Crippen LogP contribution in [0.15, 0.2) is 46.0 Å². The number of nitrogens with zero attached hydrogens (tertiary/aromatic N) is 2. The zero-order chi connectivity index (χ0) is 28.6. The zero-order valence-electron chi connectivity index (χ0n) is 24.1. The predicted octanol–water partition coefficient (Wildman–Crippen LogP) is 6.26. The lowest BCUT2D eigenvalue weighted by molar-refractivity contribution is 0.397. The van der Waals surface area contributed by atoms with E-state index in [-0.39, 0.29) is 10.9 Å². The van der Waals surface area contributed by atoms with Gasteiger partial charge in [0.25, 0.3) is 0 Å². The maximum absolute atomic E-state index is 14.2. The number of ether oxygens (including phenoxy) is 4. The predicted molar refractivity (Wildman–Crippen MR) is 161 cm³/mol. The molecule has 0 spiro atoms. The van der Waals surface area contributed by atoms with Crippen LogP contribution < -0.4 is 29.8 Å². The Labute approximate surface area is 232 Å². The van der Waals surface area contributed by atoms with Gasteiger partial charge in [-0.25, -0.2) is 0 Å². The van der Waals surface area contributed by atoms with Crippen LogP contribution in [0.5, 0.6) is 23.0 Å². The lowest BCUT2D eigenvalue weighted by Gasteiger charge is -2.20. The number of hydrogen-bond donors (Lipinski definition) is 0. The van der Waals surface area contributed by atoms with Crippen molar-refractivity contribution in [3.63, 3.8) is 0 Å². The molecule has 3 aromatic carbocycles. The van der Waals surface area contributed by atoms with Crippen LogP contribution in [-0.2, 0) is 13.1 Å². The van der Waals surface area contributed by atoms with E-state index in [1.807, 2.05) is 24.3 Å². The third-order valence-corrected chi connectivity index (χ3v) is 7.71. The summed E-state index contributed by atoms with van der Waals surface area (Å²) in [5.74, 6) is 2.12. The molecule has 0 atom stereocenters. The molecule has 8 heteroatoms. The summed E-state index contributed by atoms with van der Waals surface area (Å²) < 4.78 is 26.7. The molecule has 0 N–H and O–H groups in total. The summed E-state index contributed by atoms with van der Waals surface area (Å²) in [4.78, 5) is 28.3. The molecule has 210 valence electrons. The standard InChI is InChI=1S/C32H36N2O6/c1-7-9-11-33-23-17-22-24(18-21(23)31(35)29-25(33)13-19(37-3)15-27(29)39-5)34(12-10-8-2)26-14-20(38-4)16-28(40-6)30(26)32(22)36/h13-18H,7-12H2,1-6H3. The molecule has 0 radical (unpaired) electrons. The molecular formula is C32H36N2O6. The van der Waals surface area contributed by atoms with E-state index in [0.717, 1.165) is 36.7 Å². The normalized spacial score (nSPS) is 11.6. The van der Waals surface area contributed by atoms with E-state index in [9.17, 15) is 9.59 Å². The average molecular weight is 545 g/mol. The molecular weight excluding hydrogens is 508 g/mol. The van der Waals surface area contributed by atoms with E-state index in [1.165, 1.54) is 0 Å². The van der Waals surface area contributed by atoms with Gasteiger partial charge in [-0.3, -0.25) is 9.59 Å². The van der Waals surface area contributed by atoms with Crippen LogP contribution >= 0.6 is 0 Å². The molecule has 0 aliphatic rings. The minimum atomic E-state index is -0.142. The summed E-state index contributed by atoms with van der Waals surface area (Å²) in [5.41, 5.74) is 2.57. The van der Waals surface area contributed by atoms with Gasteiger partial charge in [-0.15, -0.1) is 0 Å². The molecule has 0 saturated heterocycles. The van der Waals surface area contributed by atoms with Crippen molar-refractivity contribution < 1.29 is 18.9 Å². The second-order valence-corrected chi connectivity index (χ2v) is 10.0. The summed E-state index contributed by atoms with van der Waals surface area (Å²) in [6, 6.07) is 11.0. The first-order valence-electron chi connectivity index (χ1n) is 13.8. The highest BCUT2D eigenvalue weighted by Crippen LogP contribution is 2.35. The molecule has 5 rings (SSSR count). The fourth-order valence-corrected chi connectivity index (χ4v) is 5.62. The van der Waals surface area contributed by atoms with Crippen LogP contribution in [0.25, 0.3) is 43.6 Å². The molecule has 5 aromatic rings. The van der Waals surface area contributed by atoms with Gasteiger partial charge in [-0.2, -0.15) is 0 Å². The van der Waals surface area contributed by atoms with Crippen molar-refractivity contribution in [3.05, 3.63) is 56.8 Å². The van der Waals surface area contributed by atoms with Gasteiger partial charge in [0.05, 0.1) is 61.3 Å². The van der Waals surface area contributed by atoms with E-state index in [0.29, 0.717) is 68.7 Å². The molecule has 0 fully saturated rings. The summed E-state index contributed by atoms with van der Waals surface area (Å²) in [7, 11) is 6.31. The number of aryl methyl sites for hydroxylation is 2. The summed E-state index contributed by atoms with van der Waals surface area (Å²) in [5, 5.41) is 2.08. The van der Waals surface area contributed by atoms with Crippen molar-refractivity contribution in [1.82, 2.24) is 9.13 Å². The van der Waals surface area contributed by atoms with Crippen molar-refractivity contribution in [2.75, 3.05) is 28.4 Å². The van der Waals surface area contributed by atoms with Gasteiger partial charge in [0.15, 0.2) is 0 Å². The van der Waals surface area contributed by atoms with Gasteiger partial charge in [0, 0.05) is 48.1 Å². The van der Waals surface area contributed by atoms with Gasteiger partial charge >= 0.3 is 0 Å². The van der Waals surface area contributed by atoms with E-state index >= 15 is 0 Å². The molecule has 8 nitrogen and oxygen atoms in total. The summed E-state index contributed by atoms with van der Waals surface area (Å²) in [6.45, 7) is 5.60. The molecule has 0 amide bonds. The second-order valence-electron chi connectivity index (χ2n) is 10.0. The third-order valence-electron chi connectivity index (χ3n) is 7.71. The van der Waals surface area contributed by atoms with E-state index in [2.05, 4.69) is 23.0 Å². The number of hydrogen-bond acceptors (Lipinski definition) is 6. The molecule has 2 aromatic heterocycles. The number of pyridine rings is 2. The topological polar surface area (TPSA) is 80.9 Å². The lowest BCUT2D eigenvalue weighted by Crippen LogP contribution is -2.17. The largest absolute Gasteiger partial charge is 0.497 e. The maximum Gasteiger partial charge on any atom is 0.201 e. The Hall–Kier alpha value is -4.20. The fourth-order valence-electron chi connectivity index (χ4n) is 5.62. The lowest BCUT2D eigenvalue weighted by atomic mass is 10.0.